The van der Waals surface area contributed by atoms with Crippen LogP contribution in [0.25, 0.3) is 0 Å². The van der Waals surface area contributed by atoms with Gasteiger partial charge in [0.05, 0.1) is 12.0 Å². The van der Waals surface area contributed by atoms with E-state index in [2.05, 4.69) is 56.4 Å². The molecule has 104 valence electrons. The van der Waals surface area contributed by atoms with Crippen LogP contribution in [0.2, 0.25) is 0 Å². The summed E-state index contributed by atoms with van der Waals surface area (Å²) in [5.41, 5.74) is 2.79. The van der Waals surface area contributed by atoms with Gasteiger partial charge in [0.25, 0.3) is 0 Å². The number of hydrogen-bond acceptors (Lipinski definition) is 2. The van der Waals surface area contributed by atoms with Crippen LogP contribution in [0.5, 0.6) is 0 Å². The highest BCUT2D eigenvalue weighted by atomic mass is 14.8. The molecule has 0 radical (unpaired) electrons. The molecule has 0 aliphatic rings. The van der Waals surface area contributed by atoms with E-state index in [9.17, 15) is 0 Å². The average molecular weight is 258 g/mol. The fourth-order valence-electron chi connectivity index (χ4n) is 2.04. The summed E-state index contributed by atoms with van der Waals surface area (Å²) in [5.74, 6) is 0.792. The topological polar surface area (TPSA) is 35.8 Å². The molecule has 0 spiro atoms. The quantitative estimate of drug-likeness (QED) is 0.718. The highest BCUT2D eigenvalue weighted by Crippen LogP contribution is 2.18. The van der Waals surface area contributed by atoms with Crippen LogP contribution in [0.15, 0.2) is 24.3 Å². The van der Waals surface area contributed by atoms with E-state index in [1.165, 1.54) is 17.5 Å². The summed E-state index contributed by atoms with van der Waals surface area (Å²) in [6.07, 6.45) is 3.14. The van der Waals surface area contributed by atoms with Gasteiger partial charge in [-0.05, 0) is 42.9 Å². The zero-order valence-electron chi connectivity index (χ0n) is 12.4. The van der Waals surface area contributed by atoms with E-state index in [1.54, 1.807) is 0 Å². The molecule has 1 N–H and O–H groups in total. The Hall–Kier alpha value is -1.33. The van der Waals surface area contributed by atoms with E-state index in [4.69, 9.17) is 5.26 Å². The predicted molar refractivity (Wildman–Crippen MR) is 81.1 cm³/mol. The third kappa shape index (κ3) is 5.44. The van der Waals surface area contributed by atoms with E-state index in [0.717, 1.165) is 25.9 Å². The van der Waals surface area contributed by atoms with Crippen LogP contribution in [0.4, 0.5) is 0 Å². The molecular formula is C17H26N2. The maximum Gasteiger partial charge on any atom is 0.0669 e. The number of hydrogen-bond donors (Lipinski definition) is 1. The number of benzene rings is 1. The van der Waals surface area contributed by atoms with Gasteiger partial charge in [0.2, 0.25) is 0 Å². The van der Waals surface area contributed by atoms with Crippen molar-refractivity contribution in [2.24, 2.45) is 5.92 Å². The highest BCUT2D eigenvalue weighted by Gasteiger charge is 2.04. The lowest BCUT2D eigenvalue weighted by atomic mass is 9.97. The van der Waals surface area contributed by atoms with Crippen LogP contribution in [0.3, 0.4) is 0 Å². The Labute approximate surface area is 117 Å². The predicted octanol–water partition coefficient (Wildman–Crippen LogP) is 3.88. The van der Waals surface area contributed by atoms with E-state index >= 15 is 0 Å². The molecule has 1 rings (SSSR count). The minimum Gasteiger partial charge on any atom is -0.315 e. The monoisotopic (exact) mass is 258 g/mol. The fourth-order valence-corrected chi connectivity index (χ4v) is 2.04. The van der Waals surface area contributed by atoms with Crippen molar-refractivity contribution in [3.8, 4) is 6.07 Å². The second-order valence-electron chi connectivity index (χ2n) is 5.24. The summed E-state index contributed by atoms with van der Waals surface area (Å²) in [6.45, 7) is 8.30. The zero-order valence-corrected chi connectivity index (χ0v) is 12.4. The minimum absolute atomic E-state index is 0.146. The lowest BCUT2D eigenvalue weighted by Gasteiger charge is -2.11. The standard InChI is InChI=1S/C17H26N2/c1-4-14(3)17-8-6-16(7-9-17)10-11-19-13-15(5-2)12-18/h6-9,14-15,19H,4-5,10-11,13H2,1-3H3. The first kappa shape index (κ1) is 15.7. The van der Waals surface area contributed by atoms with Crippen molar-refractivity contribution in [1.82, 2.24) is 5.32 Å². The Morgan fingerprint density at radius 3 is 2.37 bits per heavy atom. The third-order valence-electron chi connectivity index (χ3n) is 3.82. The number of nitriles is 1. The molecule has 0 aliphatic heterocycles. The van der Waals surface area contributed by atoms with Crippen LogP contribution < -0.4 is 5.32 Å². The molecule has 2 heteroatoms. The van der Waals surface area contributed by atoms with Crippen LogP contribution in [-0.4, -0.2) is 13.1 Å². The molecule has 2 nitrogen and oxygen atoms in total. The van der Waals surface area contributed by atoms with Crippen molar-refractivity contribution >= 4 is 0 Å². The van der Waals surface area contributed by atoms with Crippen molar-refractivity contribution in [3.63, 3.8) is 0 Å². The average Bonchev–Trinajstić information content (AvgIpc) is 2.47. The molecule has 2 unspecified atom stereocenters. The second kappa shape index (κ2) is 8.72. The van der Waals surface area contributed by atoms with Gasteiger partial charge in [-0.3, -0.25) is 0 Å². The smallest absolute Gasteiger partial charge is 0.0669 e. The second-order valence-corrected chi connectivity index (χ2v) is 5.24. The Morgan fingerprint density at radius 1 is 1.16 bits per heavy atom. The minimum atomic E-state index is 0.146. The number of nitrogens with zero attached hydrogens (tertiary/aromatic N) is 1. The number of nitrogens with one attached hydrogen (secondary N) is 1. The summed E-state index contributed by atoms with van der Waals surface area (Å²) < 4.78 is 0. The summed E-state index contributed by atoms with van der Waals surface area (Å²) in [4.78, 5) is 0. The lowest BCUT2D eigenvalue weighted by molar-refractivity contribution is 0.555. The van der Waals surface area contributed by atoms with E-state index in [-0.39, 0.29) is 5.92 Å². The maximum atomic E-state index is 8.86. The molecule has 0 saturated carbocycles. The van der Waals surface area contributed by atoms with Gasteiger partial charge >= 0.3 is 0 Å². The highest BCUT2D eigenvalue weighted by molar-refractivity contribution is 5.25. The molecule has 0 bridgehead atoms. The maximum absolute atomic E-state index is 8.86. The van der Waals surface area contributed by atoms with Crippen molar-refractivity contribution in [2.45, 2.75) is 46.0 Å². The van der Waals surface area contributed by atoms with Gasteiger partial charge in [-0.15, -0.1) is 0 Å². The van der Waals surface area contributed by atoms with Crippen LogP contribution in [0, 0.1) is 17.2 Å². The number of rotatable bonds is 8. The third-order valence-corrected chi connectivity index (χ3v) is 3.82. The van der Waals surface area contributed by atoms with Gasteiger partial charge < -0.3 is 5.32 Å². The van der Waals surface area contributed by atoms with Gasteiger partial charge in [-0.2, -0.15) is 5.26 Å². The van der Waals surface area contributed by atoms with Crippen molar-refractivity contribution in [1.29, 1.82) is 5.26 Å². The normalized spacial score (nSPS) is 13.8. The molecule has 1 aromatic rings. The first-order chi connectivity index (χ1) is 9.21. The Bertz CT molecular complexity index is 389. The lowest BCUT2D eigenvalue weighted by Crippen LogP contribution is -2.23. The molecule has 19 heavy (non-hydrogen) atoms. The van der Waals surface area contributed by atoms with E-state index < -0.39 is 0 Å². The summed E-state index contributed by atoms with van der Waals surface area (Å²) in [5, 5.41) is 12.2. The molecule has 1 aromatic carbocycles. The van der Waals surface area contributed by atoms with Crippen LogP contribution in [-0.2, 0) is 6.42 Å². The van der Waals surface area contributed by atoms with Crippen molar-refractivity contribution in [3.05, 3.63) is 35.4 Å². The zero-order chi connectivity index (χ0) is 14.1. The molecule has 0 heterocycles. The van der Waals surface area contributed by atoms with Gasteiger partial charge in [0.1, 0.15) is 0 Å². The van der Waals surface area contributed by atoms with Crippen molar-refractivity contribution < 1.29 is 0 Å². The molecule has 0 saturated heterocycles. The van der Waals surface area contributed by atoms with E-state index in [0.29, 0.717) is 5.92 Å². The van der Waals surface area contributed by atoms with Crippen molar-refractivity contribution in [2.75, 3.05) is 13.1 Å². The largest absolute Gasteiger partial charge is 0.315 e. The molecule has 0 amide bonds. The first-order valence-corrected chi connectivity index (χ1v) is 7.40. The SMILES string of the molecule is CCC(C#N)CNCCc1ccc(C(C)CC)cc1. The molecule has 0 fully saturated rings. The fraction of sp³-hybridized carbons (Fsp3) is 0.588. The Morgan fingerprint density at radius 2 is 1.84 bits per heavy atom. The molecule has 0 aromatic heterocycles. The Balaban J connectivity index is 2.32. The summed E-state index contributed by atoms with van der Waals surface area (Å²) in [6, 6.07) is 11.3. The summed E-state index contributed by atoms with van der Waals surface area (Å²) >= 11 is 0. The van der Waals surface area contributed by atoms with Gasteiger partial charge in [-0.1, -0.05) is 45.0 Å². The van der Waals surface area contributed by atoms with Crippen LogP contribution in [0.1, 0.15) is 50.7 Å². The molecular weight excluding hydrogens is 232 g/mol. The molecule has 2 atom stereocenters. The van der Waals surface area contributed by atoms with Gasteiger partial charge in [0.15, 0.2) is 0 Å². The Kier molecular flexibility index (Phi) is 7.22. The van der Waals surface area contributed by atoms with E-state index in [1.807, 2.05) is 0 Å². The summed E-state index contributed by atoms with van der Waals surface area (Å²) in [7, 11) is 0. The van der Waals surface area contributed by atoms with Gasteiger partial charge in [-0.25, -0.2) is 0 Å². The van der Waals surface area contributed by atoms with Gasteiger partial charge in [0, 0.05) is 6.54 Å². The first-order valence-electron chi connectivity index (χ1n) is 7.40. The van der Waals surface area contributed by atoms with Crippen LogP contribution >= 0.6 is 0 Å². The molecule has 0 aliphatic carbocycles.